The van der Waals surface area contributed by atoms with Gasteiger partial charge in [-0.2, -0.15) is 4.72 Å². The van der Waals surface area contributed by atoms with Crippen molar-refractivity contribution in [3.8, 4) is 0 Å². The maximum Gasteiger partial charge on any atom is 0.210 e. The van der Waals surface area contributed by atoms with Crippen LogP contribution in [0.25, 0.3) is 0 Å². The monoisotopic (exact) mass is 197 g/mol. The van der Waals surface area contributed by atoms with Gasteiger partial charge < -0.3 is 9.22 Å². The molecule has 0 aliphatic rings. The van der Waals surface area contributed by atoms with Gasteiger partial charge in [0, 0.05) is 0 Å². The number of nitrogens with zero attached hydrogens (tertiary/aromatic N) is 1. The van der Waals surface area contributed by atoms with E-state index in [1.807, 2.05) is 21.1 Å². The van der Waals surface area contributed by atoms with Crippen molar-refractivity contribution in [2.45, 2.75) is 0 Å². The predicted octanol–water partition coefficient (Wildman–Crippen LogP) is -0.827. The topological polar surface area (TPSA) is 55.4 Å². The second-order valence-electron chi connectivity index (χ2n) is 3.68. The first-order valence-electron chi connectivity index (χ1n) is 3.53. The van der Waals surface area contributed by atoms with Crippen molar-refractivity contribution in [1.29, 1.82) is 0 Å². The van der Waals surface area contributed by atoms with E-state index < -0.39 is 10.0 Å². The Morgan fingerprint density at radius 2 is 1.83 bits per heavy atom. The lowest BCUT2D eigenvalue weighted by Gasteiger charge is -2.23. The minimum atomic E-state index is -3.12. The van der Waals surface area contributed by atoms with E-state index in [-0.39, 0.29) is 6.73 Å². The Morgan fingerprint density at radius 3 is 2.17 bits per heavy atom. The third-order valence-electron chi connectivity index (χ3n) is 0.902. The molecule has 6 heteroatoms. The number of rotatable bonds is 5. The van der Waals surface area contributed by atoms with Gasteiger partial charge >= 0.3 is 0 Å². The van der Waals surface area contributed by atoms with Gasteiger partial charge in [-0.3, -0.25) is 0 Å². The van der Waals surface area contributed by atoms with Crippen LogP contribution in [0.3, 0.4) is 0 Å². The molecule has 0 unspecified atom stereocenters. The number of sulfonamides is 1. The molecule has 0 aromatic rings. The van der Waals surface area contributed by atoms with E-state index in [4.69, 9.17) is 4.74 Å². The largest absolute Gasteiger partial charge is 0.315 e. The van der Waals surface area contributed by atoms with E-state index >= 15 is 0 Å². The Hall–Kier alpha value is -0.170. The molecular weight excluding hydrogens is 180 g/mol. The molecule has 0 spiro atoms. The SMILES string of the molecule is C[N+](C)(C)COCNS(C)(=O)=O. The molecule has 0 atom stereocenters. The summed E-state index contributed by atoms with van der Waals surface area (Å²) >= 11 is 0. The highest BCUT2D eigenvalue weighted by Gasteiger charge is 2.06. The van der Waals surface area contributed by atoms with Crippen molar-refractivity contribution in [2.75, 3.05) is 40.9 Å². The quantitative estimate of drug-likeness (QED) is 0.356. The summed E-state index contributed by atoms with van der Waals surface area (Å²) in [5.41, 5.74) is 0. The highest BCUT2D eigenvalue weighted by Crippen LogP contribution is 1.89. The van der Waals surface area contributed by atoms with E-state index in [0.29, 0.717) is 11.2 Å². The van der Waals surface area contributed by atoms with Gasteiger partial charge in [0.15, 0.2) is 6.73 Å². The molecule has 74 valence electrons. The molecular formula is C6H17N2O3S+. The lowest BCUT2D eigenvalue weighted by atomic mass is 10.7. The van der Waals surface area contributed by atoms with Gasteiger partial charge in [0.05, 0.1) is 27.4 Å². The first-order valence-corrected chi connectivity index (χ1v) is 5.43. The van der Waals surface area contributed by atoms with Gasteiger partial charge in [0.1, 0.15) is 6.73 Å². The average molecular weight is 197 g/mol. The molecule has 0 heterocycles. The predicted molar refractivity (Wildman–Crippen MR) is 46.8 cm³/mol. The first kappa shape index (κ1) is 11.8. The number of nitrogens with one attached hydrogen (secondary N) is 1. The minimum Gasteiger partial charge on any atom is -0.315 e. The van der Waals surface area contributed by atoms with Crippen molar-refractivity contribution in [3.05, 3.63) is 0 Å². The fourth-order valence-electron chi connectivity index (χ4n) is 0.468. The van der Waals surface area contributed by atoms with E-state index in [1.165, 1.54) is 0 Å². The molecule has 0 radical (unpaired) electrons. The van der Waals surface area contributed by atoms with Crippen LogP contribution >= 0.6 is 0 Å². The smallest absolute Gasteiger partial charge is 0.210 e. The number of ether oxygens (including phenoxy) is 1. The zero-order valence-corrected chi connectivity index (χ0v) is 8.81. The van der Waals surface area contributed by atoms with Crippen LogP contribution in [0.1, 0.15) is 0 Å². The van der Waals surface area contributed by atoms with E-state index in [2.05, 4.69) is 4.72 Å². The Morgan fingerprint density at radius 1 is 1.33 bits per heavy atom. The Bertz CT molecular complexity index is 217. The van der Waals surface area contributed by atoms with Crippen LogP contribution in [-0.2, 0) is 14.8 Å². The fourth-order valence-corrected chi connectivity index (χ4v) is 0.766. The second kappa shape index (κ2) is 4.18. The summed E-state index contributed by atoms with van der Waals surface area (Å²) in [6.45, 7) is 0.511. The lowest BCUT2D eigenvalue weighted by Crippen LogP contribution is -2.38. The zero-order valence-electron chi connectivity index (χ0n) is 7.99. The van der Waals surface area contributed by atoms with Gasteiger partial charge in [0.2, 0.25) is 10.0 Å². The van der Waals surface area contributed by atoms with Crippen LogP contribution in [-0.4, -0.2) is 53.8 Å². The first-order chi connectivity index (χ1) is 5.21. The third-order valence-corrected chi connectivity index (χ3v) is 1.54. The molecule has 0 amide bonds. The normalized spacial score (nSPS) is 13.3. The maximum absolute atomic E-state index is 10.6. The molecule has 0 fully saturated rings. The average Bonchev–Trinajstić information content (AvgIpc) is 1.76. The van der Waals surface area contributed by atoms with Gasteiger partial charge in [-0.25, -0.2) is 8.42 Å². The Labute approximate surface area is 74.0 Å². The molecule has 0 aromatic heterocycles. The van der Waals surface area contributed by atoms with E-state index in [0.717, 1.165) is 6.26 Å². The molecule has 1 N–H and O–H groups in total. The number of quaternary nitrogens is 1. The number of hydrogen-bond acceptors (Lipinski definition) is 3. The van der Waals surface area contributed by atoms with Crippen molar-refractivity contribution < 1.29 is 17.6 Å². The van der Waals surface area contributed by atoms with Gasteiger partial charge in [-0.1, -0.05) is 0 Å². The zero-order chi connectivity index (χ0) is 9.83. The summed E-state index contributed by atoms with van der Waals surface area (Å²) in [7, 11) is 2.75. The van der Waals surface area contributed by atoms with Crippen LogP contribution < -0.4 is 4.72 Å². The van der Waals surface area contributed by atoms with E-state index in [1.54, 1.807) is 0 Å². The molecule has 5 nitrogen and oxygen atoms in total. The standard InChI is InChI=1S/C6H17N2O3S/c1-8(2,3)6-11-5-7-12(4,9)10/h7H,5-6H2,1-4H3/q+1. The van der Waals surface area contributed by atoms with E-state index in [9.17, 15) is 8.42 Å². The van der Waals surface area contributed by atoms with Crippen molar-refractivity contribution in [3.63, 3.8) is 0 Å². The van der Waals surface area contributed by atoms with Gasteiger partial charge in [-0.15, -0.1) is 0 Å². The van der Waals surface area contributed by atoms with Crippen LogP contribution in [0.4, 0.5) is 0 Å². The van der Waals surface area contributed by atoms with Gasteiger partial charge in [-0.05, 0) is 0 Å². The molecule has 0 rings (SSSR count). The minimum absolute atomic E-state index is 0.0361. The van der Waals surface area contributed by atoms with Gasteiger partial charge in [0.25, 0.3) is 0 Å². The lowest BCUT2D eigenvalue weighted by molar-refractivity contribution is -0.890. The van der Waals surface area contributed by atoms with Crippen molar-refractivity contribution in [2.24, 2.45) is 0 Å². The highest BCUT2D eigenvalue weighted by atomic mass is 32.2. The Kier molecular flexibility index (Phi) is 4.12. The van der Waals surface area contributed by atoms with Crippen LogP contribution in [0, 0.1) is 0 Å². The van der Waals surface area contributed by atoms with Crippen molar-refractivity contribution >= 4 is 10.0 Å². The van der Waals surface area contributed by atoms with Crippen molar-refractivity contribution in [1.82, 2.24) is 4.72 Å². The maximum atomic E-state index is 10.6. The summed E-state index contributed by atoms with van der Waals surface area (Å²) in [6, 6.07) is 0. The Balaban J connectivity index is 3.48. The summed E-state index contributed by atoms with van der Waals surface area (Å²) < 4.78 is 29.1. The summed E-state index contributed by atoms with van der Waals surface area (Å²) in [5.74, 6) is 0. The van der Waals surface area contributed by atoms with Crippen LogP contribution in [0.2, 0.25) is 0 Å². The molecule has 0 aliphatic heterocycles. The highest BCUT2D eigenvalue weighted by molar-refractivity contribution is 7.88. The molecule has 12 heavy (non-hydrogen) atoms. The summed E-state index contributed by atoms with van der Waals surface area (Å²) in [5, 5.41) is 0. The molecule has 0 aromatic carbocycles. The fraction of sp³-hybridized carbons (Fsp3) is 1.00. The van der Waals surface area contributed by atoms with Crippen LogP contribution in [0.15, 0.2) is 0 Å². The third kappa shape index (κ3) is 9.83. The molecule has 0 saturated carbocycles. The summed E-state index contributed by atoms with van der Waals surface area (Å²) in [4.78, 5) is 0. The summed E-state index contributed by atoms with van der Waals surface area (Å²) in [6.07, 6.45) is 1.10. The molecule has 0 aliphatic carbocycles. The number of hydrogen-bond donors (Lipinski definition) is 1. The second-order valence-corrected chi connectivity index (χ2v) is 5.52. The van der Waals surface area contributed by atoms with Crippen LogP contribution in [0.5, 0.6) is 0 Å². The molecule has 0 bridgehead atoms. The molecule has 0 saturated heterocycles.